The number of rotatable bonds is 5. The number of hydrogen-bond acceptors (Lipinski definition) is 1. The average Bonchev–Trinajstić information content (AvgIpc) is 2.52. The number of fused-ring (bicyclic) bond motifs is 1. The fourth-order valence-electron chi connectivity index (χ4n) is 2.32. The van der Waals surface area contributed by atoms with Crippen LogP contribution >= 0.6 is 0 Å². The maximum atomic E-state index is 7.63. The quantitative estimate of drug-likeness (QED) is 0.477. The van der Waals surface area contributed by atoms with Crippen molar-refractivity contribution >= 4 is 17.1 Å². The van der Waals surface area contributed by atoms with Gasteiger partial charge in [0.1, 0.15) is 0 Å². The molecule has 0 amide bonds. The molecule has 2 aromatic carbocycles. The fourth-order valence-corrected chi connectivity index (χ4v) is 2.32. The van der Waals surface area contributed by atoms with Gasteiger partial charge in [0, 0.05) is 18.5 Å². The van der Waals surface area contributed by atoms with Gasteiger partial charge in [-0.15, -0.1) is 0 Å². The van der Waals surface area contributed by atoms with Crippen molar-refractivity contribution in [3.05, 3.63) is 60.2 Å². The van der Waals surface area contributed by atoms with E-state index in [0.717, 1.165) is 6.54 Å². The van der Waals surface area contributed by atoms with Gasteiger partial charge in [0.05, 0.1) is 6.34 Å². The lowest BCUT2D eigenvalue weighted by Gasteiger charge is -2.18. The average molecular weight is 304 g/mol. The molecule has 0 aliphatic rings. The summed E-state index contributed by atoms with van der Waals surface area (Å²) in [6, 6.07) is 14.7. The first-order chi connectivity index (χ1) is 11.0. The Hall–Kier alpha value is -2.53. The first kappa shape index (κ1) is 16.8. The monoisotopic (exact) mass is 304 g/mol. The summed E-state index contributed by atoms with van der Waals surface area (Å²) in [7, 11) is 0. The highest BCUT2D eigenvalue weighted by atomic mass is 15.1. The Morgan fingerprint density at radius 3 is 2.57 bits per heavy atom. The van der Waals surface area contributed by atoms with Crippen LogP contribution in [0, 0.1) is 22.7 Å². The summed E-state index contributed by atoms with van der Waals surface area (Å²) in [5, 5.41) is 10.1. The van der Waals surface area contributed by atoms with Gasteiger partial charge >= 0.3 is 0 Å². The van der Waals surface area contributed by atoms with Crippen LogP contribution < -0.4 is 0 Å². The highest BCUT2D eigenvalue weighted by molar-refractivity contribution is 5.85. The maximum Gasteiger partial charge on any atom is 0.0823 e. The van der Waals surface area contributed by atoms with Gasteiger partial charge in [-0.25, -0.2) is 0 Å². The zero-order valence-electron chi connectivity index (χ0n) is 14.1. The van der Waals surface area contributed by atoms with Crippen LogP contribution in [0.1, 0.15) is 26.3 Å². The van der Waals surface area contributed by atoms with Crippen molar-refractivity contribution in [2.75, 3.05) is 6.54 Å². The molecule has 0 saturated carbocycles. The molecule has 2 heteroatoms. The lowest BCUT2D eigenvalue weighted by atomic mass is 9.98. The van der Waals surface area contributed by atoms with Crippen LogP contribution in [0.25, 0.3) is 10.8 Å². The van der Waals surface area contributed by atoms with Crippen LogP contribution in [-0.4, -0.2) is 17.8 Å². The second-order valence-corrected chi connectivity index (χ2v) is 6.62. The summed E-state index contributed by atoms with van der Waals surface area (Å²) < 4.78 is 0. The molecule has 2 nitrogen and oxygen atoms in total. The summed E-state index contributed by atoms with van der Waals surface area (Å²) >= 11 is 0. The van der Waals surface area contributed by atoms with Crippen LogP contribution in [0.4, 0.5) is 0 Å². The molecule has 0 fully saturated rings. The molecule has 0 unspecified atom stereocenters. The number of nitrogens with one attached hydrogen (secondary N) is 1. The summed E-state index contributed by atoms with van der Waals surface area (Å²) in [4.78, 5) is 1.97. The van der Waals surface area contributed by atoms with Crippen molar-refractivity contribution in [1.82, 2.24) is 4.90 Å². The van der Waals surface area contributed by atoms with Crippen LogP contribution in [0.2, 0.25) is 0 Å². The summed E-state index contributed by atoms with van der Waals surface area (Å²) in [6.07, 6.45) is 5.28. The van der Waals surface area contributed by atoms with Gasteiger partial charge < -0.3 is 4.90 Å². The Bertz CT molecular complexity index is 749. The Labute approximate surface area is 139 Å². The number of nitrogens with zero attached hydrogens (tertiary/aromatic N) is 1. The highest BCUT2D eigenvalue weighted by Crippen LogP contribution is 2.19. The molecule has 118 valence electrons. The molecule has 0 radical (unpaired) electrons. The molecule has 0 aromatic heterocycles. The molecule has 0 heterocycles. The van der Waals surface area contributed by atoms with Gasteiger partial charge in [-0.1, -0.05) is 60.4 Å². The zero-order valence-corrected chi connectivity index (χ0v) is 14.1. The molecule has 0 saturated heterocycles. The smallest absolute Gasteiger partial charge is 0.0823 e. The van der Waals surface area contributed by atoms with E-state index >= 15 is 0 Å². The Kier molecular flexibility index (Phi) is 5.60. The first-order valence-electron chi connectivity index (χ1n) is 7.88. The third-order valence-corrected chi connectivity index (χ3v) is 3.42. The van der Waals surface area contributed by atoms with E-state index in [0.29, 0.717) is 6.54 Å². The Morgan fingerprint density at radius 2 is 1.83 bits per heavy atom. The lowest BCUT2D eigenvalue weighted by molar-refractivity contribution is 0.470. The fraction of sp³-hybridized carbons (Fsp3) is 0.286. The SMILES string of the molecule is CC(C)(C)C#C/C=C/CN(C=N)Cc1cccc2ccccc12. The van der Waals surface area contributed by atoms with E-state index in [1.54, 1.807) is 0 Å². The Morgan fingerprint density at radius 1 is 1.09 bits per heavy atom. The predicted molar refractivity (Wildman–Crippen MR) is 99.5 cm³/mol. The molecular weight excluding hydrogens is 280 g/mol. The summed E-state index contributed by atoms with van der Waals surface area (Å²) in [5.41, 5.74) is 1.26. The molecule has 23 heavy (non-hydrogen) atoms. The second-order valence-electron chi connectivity index (χ2n) is 6.62. The van der Waals surface area contributed by atoms with Crippen LogP contribution in [-0.2, 0) is 6.54 Å². The summed E-state index contributed by atoms with van der Waals surface area (Å²) in [5.74, 6) is 6.24. The van der Waals surface area contributed by atoms with E-state index in [-0.39, 0.29) is 5.41 Å². The van der Waals surface area contributed by atoms with E-state index in [9.17, 15) is 0 Å². The molecule has 0 bridgehead atoms. The van der Waals surface area contributed by atoms with Gasteiger partial charge in [0.2, 0.25) is 0 Å². The summed E-state index contributed by atoms with van der Waals surface area (Å²) in [6.45, 7) is 7.70. The minimum atomic E-state index is 0.0224. The number of benzene rings is 2. The predicted octanol–water partition coefficient (Wildman–Crippen LogP) is 4.85. The number of hydrogen-bond donors (Lipinski definition) is 1. The first-order valence-corrected chi connectivity index (χ1v) is 7.88. The van der Waals surface area contributed by atoms with E-state index in [2.05, 4.69) is 75.1 Å². The van der Waals surface area contributed by atoms with Gasteiger partial charge in [-0.05, 0) is 43.2 Å². The van der Waals surface area contributed by atoms with Gasteiger partial charge in [-0.2, -0.15) is 0 Å². The van der Waals surface area contributed by atoms with Crippen molar-refractivity contribution < 1.29 is 0 Å². The third kappa shape index (κ3) is 5.30. The molecule has 0 aliphatic carbocycles. The van der Waals surface area contributed by atoms with Crippen molar-refractivity contribution in [3.63, 3.8) is 0 Å². The minimum absolute atomic E-state index is 0.0224. The van der Waals surface area contributed by atoms with Gasteiger partial charge in [0.15, 0.2) is 0 Å². The van der Waals surface area contributed by atoms with Crippen molar-refractivity contribution in [2.45, 2.75) is 27.3 Å². The van der Waals surface area contributed by atoms with Crippen LogP contribution in [0.5, 0.6) is 0 Å². The van der Waals surface area contributed by atoms with Crippen molar-refractivity contribution in [2.24, 2.45) is 5.41 Å². The van der Waals surface area contributed by atoms with Crippen LogP contribution in [0.15, 0.2) is 54.6 Å². The standard InChI is InChI=1S/C21H24N2/c1-21(2,3)14-7-4-8-15-23(17-22)16-19-12-9-11-18-10-5-6-13-20(18)19/h4-6,8-13,17,22H,15-16H2,1-3H3/b8-4+,22-17?. The van der Waals surface area contributed by atoms with Crippen molar-refractivity contribution in [1.29, 1.82) is 5.41 Å². The molecule has 2 aromatic rings. The lowest BCUT2D eigenvalue weighted by Crippen LogP contribution is -2.21. The molecule has 0 aliphatic heterocycles. The van der Waals surface area contributed by atoms with E-state index < -0.39 is 0 Å². The maximum absolute atomic E-state index is 7.63. The molecule has 0 spiro atoms. The zero-order chi connectivity index (χ0) is 16.7. The topological polar surface area (TPSA) is 27.1 Å². The van der Waals surface area contributed by atoms with Crippen LogP contribution in [0.3, 0.4) is 0 Å². The largest absolute Gasteiger partial charge is 0.355 e. The van der Waals surface area contributed by atoms with E-state index in [1.165, 1.54) is 22.7 Å². The second kappa shape index (κ2) is 7.65. The van der Waals surface area contributed by atoms with E-state index in [4.69, 9.17) is 5.41 Å². The third-order valence-electron chi connectivity index (χ3n) is 3.42. The molecule has 1 N–H and O–H groups in total. The van der Waals surface area contributed by atoms with Gasteiger partial charge in [-0.3, -0.25) is 5.41 Å². The van der Waals surface area contributed by atoms with E-state index in [1.807, 2.05) is 17.1 Å². The van der Waals surface area contributed by atoms with Gasteiger partial charge in [0.25, 0.3) is 0 Å². The normalized spacial score (nSPS) is 11.3. The minimum Gasteiger partial charge on any atom is -0.355 e. The highest BCUT2D eigenvalue weighted by Gasteiger charge is 2.04. The number of allylic oxidation sites excluding steroid dienone is 1. The molecule has 0 atom stereocenters. The van der Waals surface area contributed by atoms with Crippen molar-refractivity contribution in [3.8, 4) is 11.8 Å². The Balaban J connectivity index is 2.05. The molecule has 2 rings (SSSR count). The molecular formula is C21H24N2.